The molecule has 2 rings (SSSR count). The molecule has 0 aliphatic heterocycles. The van der Waals surface area contributed by atoms with Crippen LogP contribution in [0.3, 0.4) is 0 Å². The van der Waals surface area contributed by atoms with Gasteiger partial charge >= 0.3 is 0 Å². The molecule has 0 saturated carbocycles. The third kappa shape index (κ3) is 4.22. The largest absolute Gasteiger partial charge is 0.453 e. The summed E-state index contributed by atoms with van der Waals surface area (Å²) in [6, 6.07) is 12.9. The molecule has 0 aliphatic carbocycles. The first-order valence-corrected chi connectivity index (χ1v) is 7.52. The van der Waals surface area contributed by atoms with Crippen LogP contribution in [0.2, 0.25) is 0 Å². The fourth-order valence-corrected chi connectivity index (χ4v) is 2.50. The third-order valence-corrected chi connectivity index (χ3v) is 3.53. The minimum atomic E-state index is 0.230. The van der Waals surface area contributed by atoms with Gasteiger partial charge in [-0.2, -0.15) is 0 Å². The molecule has 0 aliphatic rings. The molecule has 102 valence electrons. The van der Waals surface area contributed by atoms with E-state index in [9.17, 15) is 0 Å². The van der Waals surface area contributed by atoms with Crippen molar-refractivity contribution < 1.29 is 4.42 Å². The number of hydrogen-bond acceptors (Lipinski definition) is 2. The van der Waals surface area contributed by atoms with Crippen LogP contribution < -0.4 is 5.32 Å². The molecule has 1 aromatic heterocycles. The van der Waals surface area contributed by atoms with Gasteiger partial charge in [0.1, 0.15) is 5.76 Å². The Morgan fingerprint density at radius 1 is 1.26 bits per heavy atom. The third-order valence-electron chi connectivity index (χ3n) is 3.10. The molecule has 1 aromatic carbocycles. The van der Waals surface area contributed by atoms with Crippen LogP contribution in [-0.4, -0.2) is 6.54 Å². The molecule has 3 heteroatoms. The van der Waals surface area contributed by atoms with Gasteiger partial charge in [-0.15, -0.1) is 0 Å². The Morgan fingerprint density at radius 2 is 2.11 bits per heavy atom. The molecular weight excluding hydrogens is 302 g/mol. The van der Waals surface area contributed by atoms with Crippen molar-refractivity contribution in [2.24, 2.45) is 0 Å². The zero-order chi connectivity index (χ0) is 13.7. The summed E-state index contributed by atoms with van der Waals surface area (Å²) in [6.45, 7) is 5.30. The van der Waals surface area contributed by atoms with Crippen molar-refractivity contribution in [2.45, 2.75) is 32.7 Å². The fourth-order valence-electron chi connectivity index (χ4n) is 2.18. The first kappa shape index (κ1) is 14.4. The Kier molecular flexibility index (Phi) is 5.23. The zero-order valence-corrected chi connectivity index (χ0v) is 13.0. The van der Waals surface area contributed by atoms with Gasteiger partial charge in [-0.05, 0) is 59.9 Å². The van der Waals surface area contributed by atoms with E-state index < -0.39 is 0 Å². The van der Waals surface area contributed by atoms with Crippen molar-refractivity contribution in [3.05, 3.63) is 58.0 Å². The summed E-state index contributed by atoms with van der Waals surface area (Å²) in [5.41, 5.74) is 2.63. The van der Waals surface area contributed by atoms with E-state index in [0.717, 1.165) is 29.8 Å². The second kappa shape index (κ2) is 6.92. The van der Waals surface area contributed by atoms with Gasteiger partial charge in [-0.25, -0.2) is 0 Å². The lowest BCUT2D eigenvalue weighted by Gasteiger charge is -2.16. The topological polar surface area (TPSA) is 25.2 Å². The van der Waals surface area contributed by atoms with Crippen LogP contribution in [0.5, 0.6) is 0 Å². The van der Waals surface area contributed by atoms with Gasteiger partial charge in [0, 0.05) is 0 Å². The molecule has 0 spiro atoms. The summed E-state index contributed by atoms with van der Waals surface area (Å²) in [5, 5.41) is 3.55. The van der Waals surface area contributed by atoms with Crippen molar-refractivity contribution in [1.82, 2.24) is 5.32 Å². The van der Waals surface area contributed by atoms with Gasteiger partial charge in [0.2, 0.25) is 0 Å². The highest BCUT2D eigenvalue weighted by Gasteiger charge is 2.15. The van der Waals surface area contributed by atoms with Crippen LogP contribution in [0.15, 0.2) is 45.5 Å². The normalized spacial score (nSPS) is 12.6. The Labute approximate surface area is 123 Å². The number of benzene rings is 1. The quantitative estimate of drug-likeness (QED) is 0.838. The molecule has 1 heterocycles. The van der Waals surface area contributed by atoms with E-state index in [0.29, 0.717) is 0 Å². The van der Waals surface area contributed by atoms with E-state index in [2.05, 4.69) is 59.4 Å². The Morgan fingerprint density at radius 3 is 2.74 bits per heavy atom. The first-order chi connectivity index (χ1) is 9.19. The average Bonchev–Trinajstić information content (AvgIpc) is 2.81. The monoisotopic (exact) mass is 321 g/mol. The van der Waals surface area contributed by atoms with Crippen molar-refractivity contribution in [3.63, 3.8) is 0 Å². The molecule has 1 unspecified atom stereocenters. The zero-order valence-electron chi connectivity index (χ0n) is 11.4. The van der Waals surface area contributed by atoms with Crippen LogP contribution in [0.25, 0.3) is 0 Å². The van der Waals surface area contributed by atoms with E-state index in [1.54, 1.807) is 0 Å². The highest BCUT2D eigenvalue weighted by molar-refractivity contribution is 9.10. The van der Waals surface area contributed by atoms with Crippen molar-refractivity contribution in [3.8, 4) is 0 Å². The van der Waals surface area contributed by atoms with Gasteiger partial charge in [-0.3, -0.25) is 0 Å². The lowest BCUT2D eigenvalue weighted by molar-refractivity contribution is 0.400. The molecule has 0 saturated heterocycles. The maximum Gasteiger partial charge on any atom is 0.169 e. The summed E-state index contributed by atoms with van der Waals surface area (Å²) >= 11 is 3.37. The van der Waals surface area contributed by atoms with Crippen LogP contribution in [0, 0.1) is 6.92 Å². The van der Waals surface area contributed by atoms with Gasteiger partial charge in [0.15, 0.2) is 4.67 Å². The van der Waals surface area contributed by atoms with Gasteiger partial charge in [-0.1, -0.05) is 36.8 Å². The van der Waals surface area contributed by atoms with E-state index in [1.165, 1.54) is 11.1 Å². The summed E-state index contributed by atoms with van der Waals surface area (Å²) in [7, 11) is 0. The molecule has 0 fully saturated rings. The number of rotatable bonds is 6. The minimum absolute atomic E-state index is 0.230. The fraction of sp³-hybridized carbons (Fsp3) is 0.375. The highest BCUT2D eigenvalue weighted by Crippen LogP contribution is 2.24. The van der Waals surface area contributed by atoms with E-state index in [1.807, 2.05) is 12.1 Å². The highest BCUT2D eigenvalue weighted by atomic mass is 79.9. The maximum absolute atomic E-state index is 5.70. The molecular formula is C16H20BrNO. The molecule has 0 radical (unpaired) electrons. The molecule has 1 N–H and O–H groups in total. The second-order valence-electron chi connectivity index (χ2n) is 4.84. The summed E-state index contributed by atoms with van der Waals surface area (Å²) in [6.07, 6.45) is 2.06. The molecule has 1 atom stereocenters. The predicted molar refractivity (Wildman–Crippen MR) is 82.3 cm³/mol. The van der Waals surface area contributed by atoms with E-state index in [4.69, 9.17) is 4.42 Å². The minimum Gasteiger partial charge on any atom is -0.453 e. The molecule has 0 bridgehead atoms. The molecule has 2 aromatic rings. The Hall–Kier alpha value is -1.06. The number of aryl methyl sites for hydroxylation is 1. The predicted octanol–water partition coefficient (Wildman–Crippen LogP) is 4.63. The SMILES string of the molecule is CCCNC(Cc1cccc(C)c1)c1ccc(Br)o1. The smallest absolute Gasteiger partial charge is 0.169 e. The number of halogens is 1. The van der Waals surface area contributed by atoms with E-state index in [-0.39, 0.29) is 6.04 Å². The number of furan rings is 1. The lowest BCUT2D eigenvalue weighted by atomic mass is 10.0. The van der Waals surface area contributed by atoms with Crippen molar-refractivity contribution in [1.29, 1.82) is 0 Å². The summed E-state index contributed by atoms with van der Waals surface area (Å²) in [5.74, 6) is 0.988. The van der Waals surface area contributed by atoms with Crippen LogP contribution in [0.4, 0.5) is 0 Å². The van der Waals surface area contributed by atoms with Gasteiger partial charge < -0.3 is 9.73 Å². The lowest BCUT2D eigenvalue weighted by Crippen LogP contribution is -2.23. The summed E-state index contributed by atoms with van der Waals surface area (Å²) < 4.78 is 6.49. The van der Waals surface area contributed by atoms with Gasteiger partial charge in [0.05, 0.1) is 6.04 Å². The van der Waals surface area contributed by atoms with Crippen LogP contribution >= 0.6 is 15.9 Å². The Balaban J connectivity index is 2.13. The van der Waals surface area contributed by atoms with Crippen molar-refractivity contribution in [2.75, 3.05) is 6.54 Å². The summed E-state index contributed by atoms with van der Waals surface area (Å²) in [4.78, 5) is 0. The number of hydrogen-bond donors (Lipinski definition) is 1. The average molecular weight is 322 g/mol. The standard InChI is InChI=1S/C16H20BrNO/c1-3-9-18-14(15-7-8-16(17)19-15)11-13-6-4-5-12(2)10-13/h4-8,10,14,18H,3,9,11H2,1-2H3. The van der Waals surface area contributed by atoms with E-state index >= 15 is 0 Å². The van der Waals surface area contributed by atoms with Gasteiger partial charge in [0.25, 0.3) is 0 Å². The number of nitrogens with one attached hydrogen (secondary N) is 1. The second-order valence-corrected chi connectivity index (χ2v) is 5.62. The molecule has 2 nitrogen and oxygen atoms in total. The van der Waals surface area contributed by atoms with Crippen LogP contribution in [-0.2, 0) is 6.42 Å². The maximum atomic E-state index is 5.70. The van der Waals surface area contributed by atoms with Crippen LogP contribution in [0.1, 0.15) is 36.3 Å². The molecule has 19 heavy (non-hydrogen) atoms. The first-order valence-electron chi connectivity index (χ1n) is 6.73. The molecule has 0 amide bonds. The van der Waals surface area contributed by atoms with Crippen molar-refractivity contribution >= 4 is 15.9 Å². The Bertz CT molecular complexity index is 521.